The number of alkyl halides is 5. The molecule has 1 aromatic rings. The van der Waals surface area contributed by atoms with Crippen LogP contribution in [0.15, 0.2) is 6.07 Å². The van der Waals surface area contributed by atoms with E-state index in [1.807, 2.05) is 0 Å². The summed E-state index contributed by atoms with van der Waals surface area (Å²) >= 11 is 0. The summed E-state index contributed by atoms with van der Waals surface area (Å²) in [6.07, 6.45) is -7.98. The molecule has 1 aromatic heterocycles. The Hall–Kier alpha value is -1.53. The van der Waals surface area contributed by atoms with E-state index in [0.29, 0.717) is 6.07 Å². The molecule has 0 spiro atoms. The van der Waals surface area contributed by atoms with Crippen LogP contribution in [0.25, 0.3) is 0 Å². The summed E-state index contributed by atoms with van der Waals surface area (Å²) in [5, 5.41) is 0. The molecular formula is C9H6F5NO. The van der Waals surface area contributed by atoms with Crippen LogP contribution in [0.1, 0.15) is 33.7 Å². The zero-order chi connectivity index (χ0) is 12.5. The fourth-order valence-corrected chi connectivity index (χ4v) is 1.18. The van der Waals surface area contributed by atoms with Crippen LogP contribution in [-0.2, 0) is 6.18 Å². The van der Waals surface area contributed by atoms with Crippen molar-refractivity contribution in [3.8, 4) is 0 Å². The molecule has 88 valence electrons. The first-order valence-corrected chi connectivity index (χ1v) is 4.09. The Kier molecular flexibility index (Phi) is 3.25. The van der Waals surface area contributed by atoms with Gasteiger partial charge in [0, 0.05) is 0 Å². The maximum absolute atomic E-state index is 12.4. The normalized spacial score (nSPS) is 11.9. The van der Waals surface area contributed by atoms with Gasteiger partial charge >= 0.3 is 6.18 Å². The molecular weight excluding hydrogens is 233 g/mol. The minimum absolute atomic E-state index is 0.186. The van der Waals surface area contributed by atoms with E-state index in [1.165, 1.54) is 0 Å². The van der Waals surface area contributed by atoms with Crippen LogP contribution in [0.4, 0.5) is 22.0 Å². The molecule has 0 aromatic carbocycles. The third-order valence-electron chi connectivity index (χ3n) is 1.91. The first kappa shape index (κ1) is 12.5. The van der Waals surface area contributed by atoms with Crippen molar-refractivity contribution in [3.63, 3.8) is 0 Å². The molecule has 0 saturated heterocycles. The van der Waals surface area contributed by atoms with Crippen molar-refractivity contribution in [3.05, 3.63) is 28.6 Å². The molecule has 0 unspecified atom stereocenters. The molecule has 2 nitrogen and oxygen atoms in total. The van der Waals surface area contributed by atoms with E-state index in [9.17, 15) is 26.7 Å². The molecule has 7 heteroatoms. The lowest BCUT2D eigenvalue weighted by molar-refractivity contribution is -0.138. The van der Waals surface area contributed by atoms with Gasteiger partial charge in [-0.3, -0.25) is 4.79 Å². The predicted octanol–water partition coefficient (Wildman–Crippen LogP) is 3.16. The summed E-state index contributed by atoms with van der Waals surface area (Å²) in [6, 6.07) is 0.498. The second-order valence-electron chi connectivity index (χ2n) is 3.04. The molecule has 1 rings (SSSR count). The van der Waals surface area contributed by atoms with Gasteiger partial charge in [0.15, 0.2) is 6.29 Å². The lowest BCUT2D eigenvalue weighted by atomic mass is 10.1. The molecule has 0 aliphatic rings. The van der Waals surface area contributed by atoms with Crippen molar-refractivity contribution in [1.29, 1.82) is 0 Å². The van der Waals surface area contributed by atoms with Gasteiger partial charge in [-0.2, -0.15) is 13.2 Å². The molecule has 0 saturated carbocycles. The van der Waals surface area contributed by atoms with Crippen molar-refractivity contribution in [2.45, 2.75) is 19.5 Å². The summed E-state index contributed by atoms with van der Waals surface area (Å²) in [7, 11) is 0. The van der Waals surface area contributed by atoms with Crippen LogP contribution in [0.5, 0.6) is 0 Å². The smallest absolute Gasteiger partial charge is 0.296 e. The summed E-state index contributed by atoms with van der Waals surface area (Å²) < 4.78 is 61.7. The van der Waals surface area contributed by atoms with E-state index < -0.39 is 29.6 Å². The van der Waals surface area contributed by atoms with E-state index in [0.717, 1.165) is 6.92 Å². The number of carbonyl (C=O) groups excluding carboxylic acids is 1. The van der Waals surface area contributed by atoms with Gasteiger partial charge in [0.05, 0.1) is 5.56 Å². The van der Waals surface area contributed by atoms with Gasteiger partial charge in [0.2, 0.25) is 0 Å². The summed E-state index contributed by atoms with van der Waals surface area (Å²) in [4.78, 5) is 13.4. The first-order chi connectivity index (χ1) is 7.27. The average Bonchev–Trinajstić information content (AvgIpc) is 2.15. The molecule has 0 aliphatic heterocycles. The highest BCUT2D eigenvalue weighted by Gasteiger charge is 2.35. The Balaban J connectivity index is 3.44. The number of rotatable bonds is 2. The zero-order valence-electron chi connectivity index (χ0n) is 7.98. The SMILES string of the molecule is Cc1cc(C(F)(F)F)c(C=O)nc1C(F)F. The number of aldehydes is 1. The van der Waals surface area contributed by atoms with Crippen molar-refractivity contribution in [1.82, 2.24) is 4.98 Å². The van der Waals surface area contributed by atoms with Gasteiger partial charge in [-0.05, 0) is 18.6 Å². The van der Waals surface area contributed by atoms with Gasteiger partial charge < -0.3 is 0 Å². The molecule has 16 heavy (non-hydrogen) atoms. The summed E-state index contributed by atoms with van der Waals surface area (Å²) in [6.45, 7) is 1.08. The van der Waals surface area contributed by atoms with Crippen molar-refractivity contribution in [2.75, 3.05) is 0 Å². The third-order valence-corrected chi connectivity index (χ3v) is 1.91. The molecule has 0 atom stereocenters. The Morgan fingerprint density at radius 1 is 1.38 bits per heavy atom. The predicted molar refractivity (Wildman–Crippen MR) is 44.3 cm³/mol. The monoisotopic (exact) mass is 239 g/mol. The van der Waals surface area contributed by atoms with Crippen LogP contribution >= 0.6 is 0 Å². The molecule has 0 aliphatic carbocycles. The van der Waals surface area contributed by atoms with Gasteiger partial charge in [-0.25, -0.2) is 13.8 Å². The average molecular weight is 239 g/mol. The highest BCUT2D eigenvalue weighted by atomic mass is 19.4. The van der Waals surface area contributed by atoms with Crippen molar-refractivity contribution < 1.29 is 26.7 Å². The standard InChI is InChI=1S/C9H6F5NO/c1-4-2-5(9(12,13)14)6(3-16)15-7(4)8(10)11/h2-3,8H,1H3. The number of nitrogens with zero attached hydrogens (tertiary/aromatic N) is 1. The van der Waals surface area contributed by atoms with Crippen molar-refractivity contribution >= 4 is 6.29 Å². The number of halogens is 5. The van der Waals surface area contributed by atoms with E-state index in [1.54, 1.807) is 0 Å². The topological polar surface area (TPSA) is 30.0 Å². The highest BCUT2D eigenvalue weighted by molar-refractivity contribution is 5.75. The lowest BCUT2D eigenvalue weighted by Gasteiger charge is -2.12. The first-order valence-electron chi connectivity index (χ1n) is 4.09. The number of hydrogen-bond acceptors (Lipinski definition) is 2. The Labute approximate surface area is 87.1 Å². The molecule has 0 radical (unpaired) electrons. The Morgan fingerprint density at radius 3 is 2.31 bits per heavy atom. The molecule has 0 amide bonds. The van der Waals surface area contributed by atoms with Crippen molar-refractivity contribution in [2.24, 2.45) is 0 Å². The van der Waals surface area contributed by atoms with Gasteiger partial charge in [-0.1, -0.05) is 0 Å². The maximum atomic E-state index is 12.4. The summed E-state index contributed by atoms with van der Waals surface area (Å²) in [5.41, 5.74) is -3.43. The molecule has 1 heterocycles. The minimum atomic E-state index is -4.78. The van der Waals surface area contributed by atoms with E-state index in [-0.39, 0.29) is 11.8 Å². The Bertz CT molecular complexity index is 413. The second-order valence-corrected chi connectivity index (χ2v) is 3.04. The number of pyridine rings is 1. The molecule has 0 fully saturated rings. The van der Waals surface area contributed by atoms with Crippen LogP contribution in [0.3, 0.4) is 0 Å². The fraction of sp³-hybridized carbons (Fsp3) is 0.333. The second kappa shape index (κ2) is 4.15. The van der Waals surface area contributed by atoms with E-state index in [2.05, 4.69) is 4.98 Å². The van der Waals surface area contributed by atoms with Gasteiger partial charge in [0.25, 0.3) is 6.43 Å². The molecule has 0 bridgehead atoms. The van der Waals surface area contributed by atoms with Gasteiger partial charge in [0.1, 0.15) is 11.4 Å². The molecule has 0 N–H and O–H groups in total. The van der Waals surface area contributed by atoms with Crippen LogP contribution in [0, 0.1) is 6.92 Å². The number of hydrogen-bond donors (Lipinski definition) is 0. The maximum Gasteiger partial charge on any atom is 0.418 e. The quantitative estimate of drug-likeness (QED) is 0.586. The third kappa shape index (κ3) is 2.34. The zero-order valence-corrected chi connectivity index (χ0v) is 7.98. The number of carbonyl (C=O) groups is 1. The lowest BCUT2D eigenvalue weighted by Crippen LogP contribution is -2.13. The number of aromatic nitrogens is 1. The fourth-order valence-electron chi connectivity index (χ4n) is 1.18. The van der Waals surface area contributed by atoms with Gasteiger partial charge in [-0.15, -0.1) is 0 Å². The van der Waals surface area contributed by atoms with Crippen LogP contribution < -0.4 is 0 Å². The number of aryl methyl sites for hydroxylation is 1. The van der Waals surface area contributed by atoms with E-state index in [4.69, 9.17) is 0 Å². The largest absolute Gasteiger partial charge is 0.418 e. The van der Waals surface area contributed by atoms with Crippen LogP contribution in [-0.4, -0.2) is 11.3 Å². The minimum Gasteiger partial charge on any atom is -0.296 e. The van der Waals surface area contributed by atoms with E-state index >= 15 is 0 Å². The Morgan fingerprint density at radius 2 is 1.94 bits per heavy atom. The highest BCUT2D eigenvalue weighted by Crippen LogP contribution is 2.33. The van der Waals surface area contributed by atoms with Crippen LogP contribution in [0.2, 0.25) is 0 Å². The summed E-state index contributed by atoms with van der Waals surface area (Å²) in [5.74, 6) is 0.